The molecule has 0 heterocycles. The van der Waals surface area contributed by atoms with Crippen molar-refractivity contribution in [2.24, 2.45) is 0 Å². The van der Waals surface area contributed by atoms with Crippen LogP contribution in [-0.2, 0) is 13.2 Å². The van der Waals surface area contributed by atoms with E-state index in [1.807, 2.05) is 6.92 Å². The quantitative estimate of drug-likeness (QED) is 0.850. The molecule has 0 saturated heterocycles. The fourth-order valence-corrected chi connectivity index (χ4v) is 2.30. The molecule has 5 heteroatoms. The average Bonchev–Trinajstić information content (AvgIpc) is 2.47. The molecule has 0 fully saturated rings. The third-order valence-corrected chi connectivity index (χ3v) is 3.63. The van der Waals surface area contributed by atoms with Gasteiger partial charge in [0.2, 0.25) is 0 Å². The van der Waals surface area contributed by atoms with Crippen molar-refractivity contribution in [2.45, 2.75) is 20.1 Å². The third kappa shape index (κ3) is 4.19. The Hall–Kier alpha value is -1.59. The molecule has 2 rings (SSSR count). The summed E-state index contributed by atoms with van der Waals surface area (Å²) in [6.07, 6.45) is 0. The lowest BCUT2D eigenvalue weighted by atomic mass is 10.2. The van der Waals surface area contributed by atoms with Gasteiger partial charge in [-0.25, -0.2) is 4.39 Å². The van der Waals surface area contributed by atoms with E-state index >= 15 is 0 Å². The summed E-state index contributed by atoms with van der Waals surface area (Å²) in [7, 11) is 0. The fraction of sp³-hybridized carbons (Fsp3) is 0.250. The van der Waals surface area contributed by atoms with Gasteiger partial charge >= 0.3 is 0 Å². The van der Waals surface area contributed by atoms with Crippen molar-refractivity contribution in [3.8, 4) is 11.5 Å². The Labute approximate surface area is 131 Å². The summed E-state index contributed by atoms with van der Waals surface area (Å²) in [5.41, 5.74) is 1.60. The van der Waals surface area contributed by atoms with Crippen LogP contribution in [0.3, 0.4) is 0 Å². The number of aliphatic hydroxyl groups is 1. The van der Waals surface area contributed by atoms with Crippen LogP contribution in [0, 0.1) is 5.82 Å². The maximum absolute atomic E-state index is 13.0. The highest BCUT2D eigenvalue weighted by atomic mass is 79.9. The van der Waals surface area contributed by atoms with Crippen LogP contribution in [0.5, 0.6) is 11.5 Å². The van der Waals surface area contributed by atoms with Gasteiger partial charge in [-0.05, 0) is 36.8 Å². The lowest BCUT2D eigenvalue weighted by molar-refractivity contribution is 0.263. The van der Waals surface area contributed by atoms with E-state index in [2.05, 4.69) is 15.9 Å². The second-order valence-electron chi connectivity index (χ2n) is 4.40. The lowest BCUT2D eigenvalue weighted by Crippen LogP contribution is -2.01. The summed E-state index contributed by atoms with van der Waals surface area (Å²) in [6, 6.07) is 9.74. The van der Waals surface area contributed by atoms with E-state index in [-0.39, 0.29) is 12.4 Å². The summed E-state index contributed by atoms with van der Waals surface area (Å²) < 4.78 is 25.0. The van der Waals surface area contributed by atoms with Crippen LogP contribution >= 0.6 is 15.9 Å². The van der Waals surface area contributed by atoms with Gasteiger partial charge in [-0.3, -0.25) is 0 Å². The molecule has 1 N–H and O–H groups in total. The SMILES string of the molecule is CCOc1cc(CO)ccc1OCc1ccc(F)cc1Br. The van der Waals surface area contributed by atoms with Gasteiger partial charge in [0.05, 0.1) is 13.2 Å². The zero-order chi connectivity index (χ0) is 15.2. The van der Waals surface area contributed by atoms with Gasteiger partial charge in [0.15, 0.2) is 11.5 Å². The minimum absolute atomic E-state index is 0.0517. The second-order valence-corrected chi connectivity index (χ2v) is 5.25. The Kier molecular flexibility index (Phi) is 5.59. The molecule has 2 aromatic rings. The van der Waals surface area contributed by atoms with Crippen LogP contribution in [0.15, 0.2) is 40.9 Å². The molecule has 3 nitrogen and oxygen atoms in total. The lowest BCUT2D eigenvalue weighted by Gasteiger charge is -2.13. The minimum atomic E-state index is -0.298. The molecule has 0 bridgehead atoms. The van der Waals surface area contributed by atoms with E-state index in [0.717, 1.165) is 11.1 Å². The summed E-state index contributed by atoms with van der Waals surface area (Å²) in [4.78, 5) is 0. The summed E-state index contributed by atoms with van der Waals surface area (Å²) in [5, 5.41) is 9.15. The van der Waals surface area contributed by atoms with E-state index in [1.165, 1.54) is 12.1 Å². The predicted octanol–water partition coefficient (Wildman–Crippen LogP) is 4.06. The molecule has 0 aliphatic rings. The van der Waals surface area contributed by atoms with Gasteiger partial charge in [-0.2, -0.15) is 0 Å². The van der Waals surface area contributed by atoms with Gasteiger partial charge in [0.1, 0.15) is 12.4 Å². The van der Waals surface area contributed by atoms with Crippen molar-refractivity contribution in [2.75, 3.05) is 6.61 Å². The number of hydrogen-bond acceptors (Lipinski definition) is 3. The van der Waals surface area contributed by atoms with Crippen molar-refractivity contribution in [1.82, 2.24) is 0 Å². The Bertz CT molecular complexity index is 616. The molecule has 2 aromatic carbocycles. The number of aliphatic hydroxyl groups excluding tert-OH is 1. The average molecular weight is 355 g/mol. The Morgan fingerprint density at radius 2 is 1.90 bits per heavy atom. The zero-order valence-electron chi connectivity index (χ0n) is 11.6. The summed E-state index contributed by atoms with van der Waals surface area (Å²) in [6.45, 7) is 2.63. The van der Waals surface area contributed by atoms with Gasteiger partial charge in [-0.15, -0.1) is 0 Å². The first-order valence-corrected chi connectivity index (χ1v) is 7.36. The van der Waals surface area contributed by atoms with Crippen molar-refractivity contribution >= 4 is 15.9 Å². The highest BCUT2D eigenvalue weighted by Gasteiger charge is 2.08. The van der Waals surface area contributed by atoms with Gasteiger partial charge in [0, 0.05) is 10.0 Å². The van der Waals surface area contributed by atoms with E-state index in [1.54, 1.807) is 24.3 Å². The first-order chi connectivity index (χ1) is 10.1. The van der Waals surface area contributed by atoms with E-state index in [9.17, 15) is 4.39 Å². The first kappa shape index (κ1) is 15.8. The molecule has 0 amide bonds. The predicted molar refractivity (Wildman–Crippen MR) is 82.0 cm³/mol. The smallest absolute Gasteiger partial charge is 0.161 e. The highest BCUT2D eigenvalue weighted by molar-refractivity contribution is 9.10. The normalized spacial score (nSPS) is 10.5. The molecule has 0 spiro atoms. The molecule has 21 heavy (non-hydrogen) atoms. The monoisotopic (exact) mass is 354 g/mol. The van der Waals surface area contributed by atoms with Gasteiger partial charge in [-0.1, -0.05) is 28.1 Å². The molecule has 0 unspecified atom stereocenters. The molecular weight excluding hydrogens is 339 g/mol. The molecule has 0 aromatic heterocycles. The summed E-state index contributed by atoms with van der Waals surface area (Å²) in [5.74, 6) is 0.875. The number of benzene rings is 2. The number of ether oxygens (including phenoxy) is 2. The van der Waals surface area contributed by atoms with Crippen LogP contribution in [0.25, 0.3) is 0 Å². The van der Waals surface area contributed by atoms with Crippen molar-refractivity contribution in [3.63, 3.8) is 0 Å². The Morgan fingerprint density at radius 3 is 2.57 bits per heavy atom. The molecule has 0 aliphatic carbocycles. The first-order valence-electron chi connectivity index (χ1n) is 6.57. The van der Waals surface area contributed by atoms with E-state index < -0.39 is 0 Å². The van der Waals surface area contributed by atoms with Crippen LogP contribution in [0.2, 0.25) is 0 Å². The number of halogens is 2. The maximum Gasteiger partial charge on any atom is 0.161 e. The molecule has 0 atom stereocenters. The number of rotatable bonds is 6. The van der Waals surface area contributed by atoms with Crippen LogP contribution < -0.4 is 9.47 Å². The van der Waals surface area contributed by atoms with E-state index in [4.69, 9.17) is 14.6 Å². The van der Waals surface area contributed by atoms with Crippen LogP contribution in [0.4, 0.5) is 4.39 Å². The topological polar surface area (TPSA) is 38.7 Å². The standard InChI is InChI=1S/C16H16BrFO3/c1-2-20-16-7-11(9-19)3-6-15(16)21-10-12-4-5-13(18)8-14(12)17/h3-8,19H,2,9-10H2,1H3. The molecule has 0 saturated carbocycles. The minimum Gasteiger partial charge on any atom is -0.490 e. The molecule has 0 aliphatic heterocycles. The Morgan fingerprint density at radius 1 is 1.10 bits per heavy atom. The van der Waals surface area contributed by atoms with Crippen LogP contribution in [-0.4, -0.2) is 11.7 Å². The van der Waals surface area contributed by atoms with E-state index in [0.29, 0.717) is 29.2 Å². The Balaban J connectivity index is 2.15. The van der Waals surface area contributed by atoms with Crippen molar-refractivity contribution in [3.05, 3.63) is 57.8 Å². The van der Waals surface area contributed by atoms with Crippen molar-refractivity contribution < 1.29 is 19.0 Å². The van der Waals surface area contributed by atoms with Crippen molar-refractivity contribution in [1.29, 1.82) is 0 Å². The molecular formula is C16H16BrFO3. The summed E-state index contributed by atoms with van der Waals surface area (Å²) >= 11 is 3.31. The highest BCUT2D eigenvalue weighted by Crippen LogP contribution is 2.30. The number of hydrogen-bond donors (Lipinski definition) is 1. The van der Waals surface area contributed by atoms with Gasteiger partial charge in [0.25, 0.3) is 0 Å². The fourth-order valence-electron chi connectivity index (χ4n) is 1.83. The zero-order valence-corrected chi connectivity index (χ0v) is 13.2. The largest absolute Gasteiger partial charge is 0.490 e. The van der Waals surface area contributed by atoms with Gasteiger partial charge < -0.3 is 14.6 Å². The molecule has 112 valence electrons. The second kappa shape index (κ2) is 7.43. The third-order valence-electron chi connectivity index (χ3n) is 2.89. The molecule has 0 radical (unpaired) electrons. The maximum atomic E-state index is 13.0. The van der Waals surface area contributed by atoms with Crippen LogP contribution in [0.1, 0.15) is 18.1 Å².